The molecule has 96 valence electrons. The van der Waals surface area contributed by atoms with Crippen LogP contribution in [0.15, 0.2) is 24.3 Å². The minimum Gasteiger partial charge on any atom is -0.496 e. The molecule has 18 heavy (non-hydrogen) atoms. The Morgan fingerprint density at radius 2 is 1.94 bits per heavy atom. The van der Waals surface area contributed by atoms with Crippen molar-refractivity contribution >= 4 is 16.3 Å². The van der Waals surface area contributed by atoms with E-state index < -0.39 is 0 Å². The maximum Gasteiger partial charge on any atom is 0.122 e. The number of aryl methyl sites for hydroxylation is 1. The van der Waals surface area contributed by atoms with E-state index in [1.165, 1.54) is 21.6 Å². The molecule has 2 rings (SSSR count). The topological polar surface area (TPSA) is 35.2 Å². The van der Waals surface area contributed by atoms with E-state index in [0.29, 0.717) is 5.92 Å². The summed E-state index contributed by atoms with van der Waals surface area (Å²) in [5.41, 5.74) is 9.53. The highest BCUT2D eigenvalue weighted by atomic mass is 32.1. The number of nitrogens with two attached hydrogens (primary N) is 1. The number of benzene rings is 1. The number of hydrogen-bond donors (Lipinski definition) is 1. The number of anilines is 1. The predicted octanol–water partition coefficient (Wildman–Crippen LogP) is 4.44. The molecule has 3 heteroatoms. The quantitative estimate of drug-likeness (QED) is 0.886. The zero-order valence-electron chi connectivity index (χ0n) is 11.3. The van der Waals surface area contributed by atoms with Gasteiger partial charge in [0.25, 0.3) is 0 Å². The Hall–Kier alpha value is -1.48. The second-order valence-corrected chi connectivity index (χ2v) is 5.88. The Bertz CT molecular complexity index is 558. The molecule has 2 aromatic rings. The molecule has 2 nitrogen and oxygen atoms in total. The second kappa shape index (κ2) is 5.02. The van der Waals surface area contributed by atoms with Crippen molar-refractivity contribution in [2.75, 3.05) is 12.8 Å². The van der Waals surface area contributed by atoms with Gasteiger partial charge in [0.2, 0.25) is 0 Å². The molecule has 0 amide bonds. The van der Waals surface area contributed by atoms with Crippen LogP contribution >= 0.6 is 11.3 Å². The fraction of sp³-hybridized carbons (Fsp3) is 0.333. The SMILES string of the molecule is COc1cc(C)c(-c2ccc(N)s2)cc1C(C)C. The average molecular weight is 261 g/mol. The highest BCUT2D eigenvalue weighted by Gasteiger charge is 2.13. The van der Waals surface area contributed by atoms with Crippen LogP contribution in [0, 0.1) is 6.92 Å². The Morgan fingerprint density at radius 3 is 2.44 bits per heavy atom. The number of methoxy groups -OCH3 is 1. The van der Waals surface area contributed by atoms with Crippen LogP contribution in [0.3, 0.4) is 0 Å². The van der Waals surface area contributed by atoms with Gasteiger partial charge >= 0.3 is 0 Å². The van der Waals surface area contributed by atoms with Gasteiger partial charge in [-0.3, -0.25) is 0 Å². The van der Waals surface area contributed by atoms with Crippen LogP contribution in [0.2, 0.25) is 0 Å². The van der Waals surface area contributed by atoms with Gasteiger partial charge in [0, 0.05) is 4.88 Å². The van der Waals surface area contributed by atoms with Gasteiger partial charge in [-0.15, -0.1) is 11.3 Å². The molecule has 0 fully saturated rings. The van der Waals surface area contributed by atoms with Crippen molar-refractivity contribution in [2.24, 2.45) is 0 Å². The number of hydrogen-bond acceptors (Lipinski definition) is 3. The molecule has 0 aliphatic rings. The lowest BCUT2D eigenvalue weighted by atomic mass is 9.96. The standard InChI is InChI=1S/C15H19NOS/c1-9(2)11-8-12(10(3)7-13(11)17-4)14-5-6-15(16)18-14/h5-9H,16H2,1-4H3. The molecule has 0 unspecified atom stereocenters. The lowest BCUT2D eigenvalue weighted by Crippen LogP contribution is -1.96. The first-order chi connectivity index (χ1) is 8.52. The molecule has 0 saturated heterocycles. The van der Waals surface area contributed by atoms with Crippen molar-refractivity contribution in [3.8, 4) is 16.2 Å². The van der Waals surface area contributed by atoms with Crippen molar-refractivity contribution in [1.29, 1.82) is 0 Å². The van der Waals surface area contributed by atoms with Gasteiger partial charge in [0.15, 0.2) is 0 Å². The zero-order valence-corrected chi connectivity index (χ0v) is 12.1. The predicted molar refractivity (Wildman–Crippen MR) is 79.5 cm³/mol. The molecular formula is C15H19NOS. The van der Waals surface area contributed by atoms with Crippen LogP contribution in [0.4, 0.5) is 5.00 Å². The first kappa shape index (κ1) is 13.0. The lowest BCUT2D eigenvalue weighted by molar-refractivity contribution is 0.407. The summed E-state index contributed by atoms with van der Waals surface area (Å²) in [5, 5.41) is 0.853. The Labute approximate surface area is 112 Å². The molecule has 0 aliphatic heterocycles. The van der Waals surface area contributed by atoms with E-state index in [1.807, 2.05) is 6.07 Å². The van der Waals surface area contributed by atoms with Crippen molar-refractivity contribution in [3.05, 3.63) is 35.4 Å². The van der Waals surface area contributed by atoms with E-state index in [0.717, 1.165) is 10.8 Å². The Kier molecular flexibility index (Phi) is 3.62. The maximum atomic E-state index is 5.81. The van der Waals surface area contributed by atoms with E-state index in [2.05, 4.69) is 39.0 Å². The first-order valence-electron chi connectivity index (χ1n) is 6.07. The van der Waals surface area contributed by atoms with Crippen molar-refractivity contribution in [1.82, 2.24) is 0 Å². The normalized spacial score (nSPS) is 10.9. The molecule has 2 N–H and O–H groups in total. The molecule has 1 aromatic carbocycles. The van der Waals surface area contributed by atoms with E-state index in [4.69, 9.17) is 10.5 Å². The third-order valence-corrected chi connectivity index (χ3v) is 4.04. The van der Waals surface area contributed by atoms with Crippen molar-refractivity contribution in [2.45, 2.75) is 26.7 Å². The molecule has 0 bridgehead atoms. The fourth-order valence-corrected chi connectivity index (χ4v) is 2.95. The monoisotopic (exact) mass is 261 g/mol. The van der Waals surface area contributed by atoms with Crippen LogP contribution in [0.25, 0.3) is 10.4 Å². The summed E-state index contributed by atoms with van der Waals surface area (Å²) in [4.78, 5) is 1.22. The Balaban J connectivity index is 2.58. The maximum absolute atomic E-state index is 5.81. The number of thiophene rings is 1. The summed E-state index contributed by atoms with van der Waals surface area (Å²) >= 11 is 1.63. The van der Waals surface area contributed by atoms with Gasteiger partial charge in [-0.2, -0.15) is 0 Å². The van der Waals surface area contributed by atoms with Crippen LogP contribution in [-0.2, 0) is 0 Å². The summed E-state index contributed by atoms with van der Waals surface area (Å²) < 4.78 is 5.46. The molecule has 0 atom stereocenters. The van der Waals surface area contributed by atoms with Gasteiger partial charge in [0.05, 0.1) is 12.1 Å². The highest BCUT2D eigenvalue weighted by Crippen LogP contribution is 2.37. The van der Waals surface area contributed by atoms with E-state index in [9.17, 15) is 0 Å². The molecule has 0 radical (unpaired) electrons. The molecular weight excluding hydrogens is 242 g/mol. The van der Waals surface area contributed by atoms with Gasteiger partial charge in [-0.25, -0.2) is 0 Å². The second-order valence-electron chi connectivity index (χ2n) is 4.77. The van der Waals surface area contributed by atoms with Gasteiger partial charge < -0.3 is 10.5 Å². The summed E-state index contributed by atoms with van der Waals surface area (Å²) in [6, 6.07) is 8.38. The lowest BCUT2D eigenvalue weighted by Gasteiger charge is -2.15. The average Bonchev–Trinajstić information content (AvgIpc) is 2.74. The third kappa shape index (κ3) is 2.36. The van der Waals surface area contributed by atoms with Gasteiger partial charge in [-0.05, 0) is 53.8 Å². The van der Waals surface area contributed by atoms with Crippen LogP contribution < -0.4 is 10.5 Å². The summed E-state index contributed by atoms with van der Waals surface area (Å²) in [5.74, 6) is 1.41. The van der Waals surface area contributed by atoms with Crippen molar-refractivity contribution in [3.63, 3.8) is 0 Å². The first-order valence-corrected chi connectivity index (χ1v) is 6.88. The highest BCUT2D eigenvalue weighted by molar-refractivity contribution is 7.19. The molecule has 0 saturated carbocycles. The minimum atomic E-state index is 0.441. The van der Waals surface area contributed by atoms with Crippen LogP contribution in [0.1, 0.15) is 30.9 Å². The number of nitrogen functional groups attached to an aromatic ring is 1. The number of rotatable bonds is 3. The number of ether oxygens (including phenoxy) is 1. The summed E-state index contributed by atoms with van der Waals surface area (Å²) in [6.45, 7) is 6.47. The van der Waals surface area contributed by atoms with Crippen LogP contribution in [-0.4, -0.2) is 7.11 Å². The van der Waals surface area contributed by atoms with E-state index >= 15 is 0 Å². The van der Waals surface area contributed by atoms with E-state index in [-0.39, 0.29) is 0 Å². The van der Waals surface area contributed by atoms with Gasteiger partial charge in [0.1, 0.15) is 5.75 Å². The molecule has 1 aromatic heterocycles. The van der Waals surface area contributed by atoms with E-state index in [1.54, 1.807) is 18.4 Å². The molecule has 1 heterocycles. The Morgan fingerprint density at radius 1 is 1.22 bits per heavy atom. The summed E-state index contributed by atoms with van der Waals surface area (Å²) in [7, 11) is 1.73. The van der Waals surface area contributed by atoms with Crippen LogP contribution in [0.5, 0.6) is 5.75 Å². The molecule has 0 aliphatic carbocycles. The third-order valence-electron chi connectivity index (χ3n) is 3.09. The fourth-order valence-electron chi connectivity index (χ4n) is 2.09. The largest absolute Gasteiger partial charge is 0.496 e. The van der Waals surface area contributed by atoms with Gasteiger partial charge in [-0.1, -0.05) is 13.8 Å². The van der Waals surface area contributed by atoms with Crippen molar-refractivity contribution < 1.29 is 4.74 Å². The molecule has 0 spiro atoms. The minimum absolute atomic E-state index is 0.441. The smallest absolute Gasteiger partial charge is 0.122 e. The summed E-state index contributed by atoms with van der Waals surface area (Å²) in [6.07, 6.45) is 0. The zero-order chi connectivity index (χ0) is 13.3.